The zero-order valence-electron chi connectivity index (χ0n) is 3.53. The van der Waals surface area contributed by atoms with E-state index < -0.39 is 0 Å². The maximum absolute atomic E-state index is 4.50. The molecule has 0 aliphatic carbocycles. The Morgan fingerprint density at radius 2 is 2.71 bits per heavy atom. The molecular formula is C2H4N4S. The molecule has 5 heteroatoms. The van der Waals surface area contributed by atoms with Crippen LogP contribution in [0.4, 0.5) is 0 Å². The van der Waals surface area contributed by atoms with Gasteiger partial charge in [-0.3, -0.25) is 0 Å². The molecule has 0 fully saturated rings. The van der Waals surface area contributed by atoms with E-state index in [1.807, 2.05) is 0 Å². The van der Waals surface area contributed by atoms with E-state index in [0.29, 0.717) is 6.67 Å². The van der Waals surface area contributed by atoms with Gasteiger partial charge in [0.2, 0.25) is 0 Å². The fourth-order valence-corrected chi connectivity index (χ4v) is 0.411. The summed E-state index contributed by atoms with van der Waals surface area (Å²) in [5.41, 5.74) is 4.13. The second-order valence-corrected chi connectivity index (χ2v) is 1.21. The summed E-state index contributed by atoms with van der Waals surface area (Å²) < 4.78 is 0. The van der Waals surface area contributed by atoms with Crippen molar-refractivity contribution in [1.82, 2.24) is 10.5 Å². The summed E-state index contributed by atoms with van der Waals surface area (Å²) in [5.74, 6) is 0. The summed E-state index contributed by atoms with van der Waals surface area (Å²) in [4.78, 5) is 0. The van der Waals surface area contributed by atoms with E-state index in [0.717, 1.165) is 0 Å². The first-order chi connectivity index (χ1) is 3.43. The van der Waals surface area contributed by atoms with Gasteiger partial charge in [0.1, 0.15) is 12.2 Å². The van der Waals surface area contributed by atoms with Gasteiger partial charge in [0.25, 0.3) is 0 Å². The van der Waals surface area contributed by atoms with Gasteiger partial charge in [0.05, 0.1) is 0 Å². The fourth-order valence-electron chi connectivity index (χ4n) is 0.294. The van der Waals surface area contributed by atoms with Crippen LogP contribution in [0.5, 0.6) is 0 Å². The summed E-state index contributed by atoms with van der Waals surface area (Å²) in [6.45, 7) is 0.535. The van der Waals surface area contributed by atoms with E-state index in [4.69, 9.17) is 0 Å². The van der Waals surface area contributed by atoms with Gasteiger partial charge in [0.15, 0.2) is 0 Å². The number of hydrazine groups is 1. The third-order valence-corrected chi connectivity index (χ3v) is 0.763. The molecule has 1 heterocycles. The first kappa shape index (κ1) is 4.61. The quantitative estimate of drug-likeness (QED) is 0.493. The molecule has 0 atom stereocenters. The maximum atomic E-state index is 4.50. The normalized spacial score (nSPS) is 18.0. The second kappa shape index (κ2) is 1.94. The van der Waals surface area contributed by atoms with Crippen LogP contribution >= 0.6 is 12.2 Å². The van der Waals surface area contributed by atoms with Gasteiger partial charge in [-0.25, -0.2) is 0 Å². The van der Waals surface area contributed by atoms with Gasteiger partial charge in [-0.15, -0.1) is 0 Å². The lowest BCUT2D eigenvalue weighted by molar-refractivity contribution is 0.392. The van der Waals surface area contributed by atoms with E-state index in [9.17, 15) is 0 Å². The predicted octanol–water partition coefficient (Wildman–Crippen LogP) is 0.0885. The van der Waals surface area contributed by atoms with Crippen LogP contribution in [0.3, 0.4) is 0 Å². The van der Waals surface area contributed by atoms with E-state index in [1.54, 1.807) is 0 Å². The van der Waals surface area contributed by atoms with E-state index in [2.05, 4.69) is 28.0 Å². The van der Waals surface area contributed by atoms with Crippen LogP contribution in [0.1, 0.15) is 0 Å². The second-order valence-electron chi connectivity index (χ2n) is 0.997. The third kappa shape index (κ3) is 0.908. The molecule has 0 aromatic rings. The first-order valence-electron chi connectivity index (χ1n) is 1.79. The Kier molecular flexibility index (Phi) is 1.28. The summed E-state index contributed by atoms with van der Waals surface area (Å²) in [6.07, 6.45) is 0. The monoisotopic (exact) mass is 116 g/mol. The van der Waals surface area contributed by atoms with Gasteiger partial charge in [-0.2, -0.15) is 15.7 Å². The highest BCUT2D eigenvalue weighted by Crippen LogP contribution is 1.87. The fraction of sp³-hybridized carbons (Fsp3) is 0.500. The smallest absolute Gasteiger partial charge is 0.131 e. The van der Waals surface area contributed by atoms with Gasteiger partial charge in [-0.1, -0.05) is 17.4 Å². The molecule has 0 saturated carbocycles. The van der Waals surface area contributed by atoms with Crippen molar-refractivity contribution in [1.29, 1.82) is 0 Å². The van der Waals surface area contributed by atoms with Gasteiger partial charge >= 0.3 is 0 Å². The molecule has 0 bridgehead atoms. The third-order valence-electron chi connectivity index (χ3n) is 0.563. The topological polar surface area (TPSA) is 40.0 Å². The Bertz CT molecular complexity index is 99.9. The van der Waals surface area contributed by atoms with Crippen LogP contribution in [0.25, 0.3) is 0 Å². The average molecular weight is 116 g/mol. The summed E-state index contributed by atoms with van der Waals surface area (Å²) in [7, 11) is 0. The predicted molar refractivity (Wildman–Crippen MR) is 28.4 cm³/mol. The molecule has 0 spiro atoms. The van der Waals surface area contributed by atoms with Crippen LogP contribution in [0, 0.1) is 0 Å². The molecule has 1 N–H and O–H groups in total. The highest BCUT2D eigenvalue weighted by Gasteiger charge is 1.97. The van der Waals surface area contributed by atoms with E-state index >= 15 is 0 Å². The molecule has 1 rings (SSSR count). The first-order valence-corrected chi connectivity index (χ1v) is 2.26. The van der Waals surface area contributed by atoms with Gasteiger partial charge < -0.3 is 0 Å². The summed E-state index contributed by atoms with van der Waals surface area (Å²) in [5, 5.41) is 8.50. The number of thiocarbonyl (C=S) groups is 1. The molecule has 4 nitrogen and oxygen atoms in total. The number of hydrogen-bond donors (Lipinski definition) is 1. The molecule has 0 aromatic heterocycles. The van der Waals surface area contributed by atoms with Crippen molar-refractivity contribution in [2.24, 2.45) is 10.3 Å². The van der Waals surface area contributed by atoms with Crippen LogP contribution in [-0.2, 0) is 0 Å². The van der Waals surface area contributed by atoms with Crippen LogP contribution in [0.15, 0.2) is 10.3 Å². The van der Waals surface area contributed by atoms with Crippen LogP contribution in [0.2, 0.25) is 0 Å². The molecule has 0 amide bonds. The molecule has 0 radical (unpaired) electrons. The molecule has 7 heavy (non-hydrogen) atoms. The minimum atomic E-state index is 0.535. The van der Waals surface area contributed by atoms with Crippen molar-refractivity contribution < 1.29 is 0 Å². The zero-order valence-corrected chi connectivity index (χ0v) is 4.35. The van der Waals surface area contributed by atoms with Crippen molar-refractivity contribution in [3.63, 3.8) is 0 Å². The Morgan fingerprint density at radius 1 is 1.86 bits per heavy atom. The molecule has 0 saturated heterocycles. The van der Waals surface area contributed by atoms with Crippen LogP contribution < -0.4 is 5.43 Å². The van der Waals surface area contributed by atoms with Crippen molar-refractivity contribution >= 4 is 17.7 Å². The van der Waals surface area contributed by atoms with Crippen molar-refractivity contribution in [2.45, 2.75) is 0 Å². The average Bonchev–Trinajstić information content (AvgIpc) is 2.14. The minimum absolute atomic E-state index is 0.535. The standard InChI is InChI=1S/C2H4N4S/c7-2-6-4-1-3-5-6/h2,4H,1H2. The van der Waals surface area contributed by atoms with Gasteiger partial charge in [-0.05, 0) is 0 Å². The van der Waals surface area contributed by atoms with E-state index in [-0.39, 0.29) is 0 Å². The Labute approximate surface area is 46.2 Å². The molecular weight excluding hydrogens is 112 g/mol. The number of rotatable bonds is 1. The number of nitrogens with one attached hydrogen (secondary N) is 1. The summed E-state index contributed by atoms with van der Waals surface area (Å²) in [6, 6.07) is 0. The van der Waals surface area contributed by atoms with E-state index in [1.165, 1.54) is 10.6 Å². The molecule has 1 aliphatic heterocycles. The molecule has 0 aromatic carbocycles. The van der Waals surface area contributed by atoms with Crippen molar-refractivity contribution in [3.8, 4) is 0 Å². The molecule has 0 unspecified atom stereocenters. The Morgan fingerprint density at radius 3 is 3.00 bits per heavy atom. The molecule has 38 valence electrons. The lowest BCUT2D eigenvalue weighted by Crippen LogP contribution is -2.25. The number of nitrogens with zero attached hydrogens (tertiary/aromatic N) is 3. The summed E-state index contributed by atoms with van der Waals surface area (Å²) >= 11 is 4.50. The Hall–Kier alpha value is -0.550. The van der Waals surface area contributed by atoms with Crippen molar-refractivity contribution in [2.75, 3.05) is 6.67 Å². The lowest BCUT2D eigenvalue weighted by atomic mass is 11.2. The number of hydrogen-bond acceptors (Lipinski definition) is 4. The highest BCUT2D eigenvalue weighted by molar-refractivity contribution is 7.78. The highest BCUT2D eigenvalue weighted by atomic mass is 32.1. The van der Waals surface area contributed by atoms with Gasteiger partial charge in [0, 0.05) is 0 Å². The largest absolute Gasteiger partial charge is 0.188 e. The minimum Gasteiger partial charge on any atom is -0.188 e. The molecule has 1 aliphatic rings. The zero-order chi connectivity index (χ0) is 5.11. The maximum Gasteiger partial charge on any atom is 0.131 e. The van der Waals surface area contributed by atoms with Crippen LogP contribution in [-0.4, -0.2) is 17.3 Å². The van der Waals surface area contributed by atoms with Crippen molar-refractivity contribution in [3.05, 3.63) is 0 Å². The lowest BCUT2D eigenvalue weighted by Gasteiger charge is -1.99. The SMILES string of the molecule is S=CN1N=NCN1. The Balaban J connectivity index is 2.42.